The van der Waals surface area contributed by atoms with Crippen LogP contribution in [0.3, 0.4) is 0 Å². The number of nitrogens with one attached hydrogen (secondary N) is 1. The van der Waals surface area contributed by atoms with Crippen molar-refractivity contribution in [3.8, 4) is 0 Å². The predicted molar refractivity (Wildman–Crippen MR) is 67.6 cm³/mol. The third kappa shape index (κ3) is 5.34. The Balaban J connectivity index is 2.52. The number of ether oxygens (including phenoxy) is 2. The van der Waals surface area contributed by atoms with E-state index in [1.54, 1.807) is 27.9 Å². The van der Waals surface area contributed by atoms with Gasteiger partial charge in [0.15, 0.2) is 0 Å². The number of methoxy groups -OCH3 is 1. The number of hydrazine groups is 1. The summed E-state index contributed by atoms with van der Waals surface area (Å²) >= 11 is 0. The van der Waals surface area contributed by atoms with Crippen LogP contribution in [0.2, 0.25) is 0 Å². The Kier molecular flexibility index (Phi) is 4.99. The van der Waals surface area contributed by atoms with Gasteiger partial charge in [-0.25, -0.2) is 20.0 Å². The molecule has 1 rings (SSSR count). The highest BCUT2D eigenvalue weighted by atomic mass is 16.6. The lowest BCUT2D eigenvalue weighted by atomic mass is 9.82. The number of hydrogen-bond acceptors (Lipinski definition) is 4. The quantitative estimate of drug-likeness (QED) is 0.766. The minimum atomic E-state index is -1.28. The Morgan fingerprint density at radius 1 is 1.37 bits per heavy atom. The first-order chi connectivity index (χ1) is 8.71. The van der Waals surface area contributed by atoms with E-state index in [1.807, 2.05) is 0 Å². The fourth-order valence-corrected chi connectivity index (χ4v) is 1.87. The zero-order valence-corrected chi connectivity index (χ0v) is 11.8. The van der Waals surface area contributed by atoms with Crippen molar-refractivity contribution in [3.63, 3.8) is 0 Å². The van der Waals surface area contributed by atoms with E-state index in [0.29, 0.717) is 6.54 Å². The molecule has 1 aliphatic rings. The first kappa shape index (κ1) is 15.6. The van der Waals surface area contributed by atoms with Gasteiger partial charge in [0.1, 0.15) is 5.60 Å². The van der Waals surface area contributed by atoms with Crippen LogP contribution in [0.15, 0.2) is 0 Å². The molecule has 0 heterocycles. The Hall–Kier alpha value is -1.50. The van der Waals surface area contributed by atoms with Crippen LogP contribution in [0, 0.1) is 5.92 Å². The number of hydrogen-bond donors (Lipinski definition) is 2. The van der Waals surface area contributed by atoms with Gasteiger partial charge in [-0.05, 0) is 39.5 Å². The Bertz CT molecular complexity index is 334. The second-order valence-corrected chi connectivity index (χ2v) is 5.70. The molecule has 2 N–H and O–H groups in total. The lowest BCUT2D eigenvalue weighted by Gasteiger charge is -2.37. The normalized spacial score (nSPS) is 22.3. The van der Waals surface area contributed by atoms with Crippen LogP contribution >= 0.6 is 0 Å². The monoisotopic (exact) mass is 274 g/mol. The fourth-order valence-electron chi connectivity index (χ4n) is 1.87. The van der Waals surface area contributed by atoms with Gasteiger partial charge in [-0.1, -0.05) is 0 Å². The van der Waals surface area contributed by atoms with Gasteiger partial charge in [0.05, 0.1) is 6.10 Å². The summed E-state index contributed by atoms with van der Waals surface area (Å²) in [5.74, 6) is 0.226. The summed E-state index contributed by atoms with van der Waals surface area (Å²) < 4.78 is 10.3. The summed E-state index contributed by atoms with van der Waals surface area (Å²) in [4.78, 5) is 22.6. The third-order valence-electron chi connectivity index (χ3n) is 2.81. The standard InChI is InChI=1S/C12H22N2O5/c1-12(2,3)19-11(17)14(13-10(15)16)7-8-5-9(6-8)18-4/h8-9,13H,5-7H2,1-4H3,(H,15,16). The average molecular weight is 274 g/mol. The molecule has 110 valence electrons. The molecule has 0 aromatic carbocycles. The van der Waals surface area contributed by atoms with Crippen molar-refractivity contribution in [2.24, 2.45) is 5.92 Å². The summed E-state index contributed by atoms with van der Waals surface area (Å²) in [6.07, 6.45) is -0.131. The lowest BCUT2D eigenvalue weighted by Crippen LogP contribution is -2.51. The molecule has 0 saturated heterocycles. The predicted octanol–water partition coefficient (Wildman–Crippen LogP) is 1.83. The van der Waals surface area contributed by atoms with E-state index in [0.717, 1.165) is 17.9 Å². The Morgan fingerprint density at radius 3 is 2.37 bits per heavy atom. The molecule has 7 heteroatoms. The molecule has 0 spiro atoms. The Morgan fingerprint density at radius 2 is 1.95 bits per heavy atom. The maximum atomic E-state index is 11.9. The highest BCUT2D eigenvalue weighted by Crippen LogP contribution is 2.30. The van der Waals surface area contributed by atoms with E-state index in [4.69, 9.17) is 14.6 Å². The van der Waals surface area contributed by atoms with Crippen molar-refractivity contribution in [2.75, 3.05) is 13.7 Å². The van der Waals surface area contributed by atoms with Crippen molar-refractivity contribution in [2.45, 2.75) is 45.3 Å². The molecule has 1 saturated carbocycles. The van der Waals surface area contributed by atoms with Gasteiger partial charge in [-0.15, -0.1) is 0 Å². The molecule has 0 bridgehead atoms. The molecule has 0 radical (unpaired) electrons. The summed E-state index contributed by atoms with van der Waals surface area (Å²) in [5, 5.41) is 9.75. The topological polar surface area (TPSA) is 88.1 Å². The number of carboxylic acid groups (broad SMARTS) is 1. The van der Waals surface area contributed by atoms with E-state index in [9.17, 15) is 9.59 Å². The van der Waals surface area contributed by atoms with Crippen LogP contribution in [0.5, 0.6) is 0 Å². The molecular weight excluding hydrogens is 252 g/mol. The summed E-state index contributed by atoms with van der Waals surface area (Å²) in [5.41, 5.74) is 1.41. The molecule has 1 fully saturated rings. The highest BCUT2D eigenvalue weighted by Gasteiger charge is 2.33. The van der Waals surface area contributed by atoms with Gasteiger partial charge >= 0.3 is 12.2 Å². The van der Waals surface area contributed by atoms with E-state index in [1.165, 1.54) is 0 Å². The second kappa shape index (κ2) is 6.10. The maximum Gasteiger partial charge on any atom is 0.429 e. The second-order valence-electron chi connectivity index (χ2n) is 5.70. The van der Waals surface area contributed by atoms with Crippen LogP contribution in [0.1, 0.15) is 33.6 Å². The number of nitrogens with zero attached hydrogens (tertiary/aromatic N) is 1. The first-order valence-corrected chi connectivity index (χ1v) is 6.24. The lowest BCUT2D eigenvalue weighted by molar-refractivity contribution is -0.0268. The van der Waals surface area contributed by atoms with Crippen LogP contribution in [0.25, 0.3) is 0 Å². The first-order valence-electron chi connectivity index (χ1n) is 6.24. The van der Waals surface area contributed by atoms with Crippen molar-refractivity contribution >= 4 is 12.2 Å². The molecule has 0 aliphatic heterocycles. The zero-order chi connectivity index (χ0) is 14.6. The van der Waals surface area contributed by atoms with Gasteiger partial charge in [-0.3, -0.25) is 0 Å². The van der Waals surface area contributed by atoms with Crippen LogP contribution in [-0.4, -0.2) is 47.7 Å². The van der Waals surface area contributed by atoms with Gasteiger partial charge in [0.2, 0.25) is 0 Å². The van der Waals surface area contributed by atoms with Gasteiger partial charge in [0, 0.05) is 13.7 Å². The van der Waals surface area contributed by atoms with Crippen molar-refractivity contribution in [1.29, 1.82) is 0 Å². The number of carbonyl (C=O) groups excluding carboxylic acids is 1. The summed E-state index contributed by atoms with van der Waals surface area (Å²) in [6.45, 7) is 5.48. The SMILES string of the molecule is COC1CC(CN(NC(=O)O)C(=O)OC(C)(C)C)C1. The van der Waals surface area contributed by atoms with E-state index in [-0.39, 0.29) is 12.0 Å². The van der Waals surface area contributed by atoms with E-state index >= 15 is 0 Å². The fraction of sp³-hybridized carbons (Fsp3) is 0.833. The molecule has 19 heavy (non-hydrogen) atoms. The number of amides is 2. The third-order valence-corrected chi connectivity index (χ3v) is 2.81. The van der Waals surface area contributed by atoms with Gasteiger partial charge in [-0.2, -0.15) is 0 Å². The zero-order valence-electron chi connectivity index (χ0n) is 11.8. The molecule has 0 unspecified atom stereocenters. The van der Waals surface area contributed by atoms with Crippen molar-refractivity contribution in [3.05, 3.63) is 0 Å². The number of carbonyl (C=O) groups is 2. The largest absolute Gasteiger partial charge is 0.464 e. The molecule has 1 aliphatic carbocycles. The minimum absolute atomic E-state index is 0.204. The average Bonchev–Trinajstić information content (AvgIpc) is 2.17. The molecular formula is C12H22N2O5. The molecule has 7 nitrogen and oxygen atoms in total. The van der Waals surface area contributed by atoms with Crippen molar-refractivity contribution in [1.82, 2.24) is 10.4 Å². The molecule has 0 atom stereocenters. The molecule has 0 aromatic heterocycles. The van der Waals surface area contributed by atoms with Crippen molar-refractivity contribution < 1.29 is 24.2 Å². The van der Waals surface area contributed by atoms with E-state index in [2.05, 4.69) is 5.43 Å². The van der Waals surface area contributed by atoms with E-state index < -0.39 is 17.8 Å². The Labute approximate surface area is 112 Å². The van der Waals surface area contributed by atoms with Gasteiger partial charge < -0.3 is 14.6 Å². The highest BCUT2D eigenvalue weighted by molar-refractivity contribution is 5.73. The summed E-state index contributed by atoms with van der Waals surface area (Å²) in [7, 11) is 1.64. The minimum Gasteiger partial charge on any atom is -0.464 e. The van der Waals surface area contributed by atoms with Crippen LogP contribution in [-0.2, 0) is 9.47 Å². The maximum absolute atomic E-state index is 11.9. The van der Waals surface area contributed by atoms with Crippen LogP contribution < -0.4 is 5.43 Å². The van der Waals surface area contributed by atoms with Gasteiger partial charge in [0.25, 0.3) is 0 Å². The molecule has 0 aromatic rings. The summed E-state index contributed by atoms with van der Waals surface area (Å²) in [6, 6.07) is 0. The van der Waals surface area contributed by atoms with Crippen LogP contribution in [0.4, 0.5) is 9.59 Å². The smallest absolute Gasteiger partial charge is 0.429 e. The molecule has 2 amide bonds. The number of rotatable bonds is 3.